The molecule has 0 saturated carbocycles. The van der Waals surface area contributed by atoms with Gasteiger partial charge in [0.05, 0.1) is 13.2 Å². The highest BCUT2D eigenvalue weighted by atomic mass is 16.7. The number of pyridine rings is 1. The van der Waals surface area contributed by atoms with Crippen molar-refractivity contribution >= 4 is 10.8 Å². The van der Waals surface area contributed by atoms with E-state index in [1.165, 1.54) is 10.9 Å². The standard InChI is InChI=1S/C14H15NO2/c1-10(14-16-7-8-17-14)12-4-2-3-11-9-15-6-5-13(11)12/h2-6,9-10,14H,7-8H2,1H3. The predicted octanol–water partition coefficient (Wildman–Crippen LogP) is 2.71. The summed E-state index contributed by atoms with van der Waals surface area (Å²) in [6, 6.07) is 8.33. The van der Waals surface area contributed by atoms with Crippen molar-refractivity contribution in [1.82, 2.24) is 4.98 Å². The molecule has 2 heterocycles. The van der Waals surface area contributed by atoms with Crippen LogP contribution in [0, 0.1) is 0 Å². The Kier molecular flexibility index (Phi) is 2.79. The molecule has 1 saturated heterocycles. The van der Waals surface area contributed by atoms with E-state index < -0.39 is 0 Å². The number of rotatable bonds is 2. The molecule has 17 heavy (non-hydrogen) atoms. The van der Waals surface area contributed by atoms with Gasteiger partial charge < -0.3 is 9.47 Å². The van der Waals surface area contributed by atoms with Gasteiger partial charge >= 0.3 is 0 Å². The number of aromatic nitrogens is 1. The lowest BCUT2D eigenvalue weighted by Gasteiger charge is -2.19. The first-order valence-electron chi connectivity index (χ1n) is 5.92. The third-order valence-corrected chi connectivity index (χ3v) is 3.26. The molecule has 1 aromatic carbocycles. The zero-order valence-corrected chi connectivity index (χ0v) is 9.80. The average molecular weight is 229 g/mol. The molecule has 0 radical (unpaired) electrons. The Morgan fingerprint density at radius 1 is 1.24 bits per heavy atom. The van der Waals surface area contributed by atoms with Crippen LogP contribution in [0.5, 0.6) is 0 Å². The fourth-order valence-electron chi connectivity index (χ4n) is 2.36. The highest BCUT2D eigenvalue weighted by molar-refractivity contribution is 5.85. The van der Waals surface area contributed by atoms with Crippen LogP contribution < -0.4 is 0 Å². The second kappa shape index (κ2) is 4.43. The molecular formula is C14H15NO2. The summed E-state index contributed by atoms with van der Waals surface area (Å²) < 4.78 is 11.2. The normalized spacial score (nSPS) is 18.6. The van der Waals surface area contributed by atoms with Crippen molar-refractivity contribution in [2.24, 2.45) is 0 Å². The molecule has 1 aliphatic rings. The first kappa shape index (κ1) is 10.7. The summed E-state index contributed by atoms with van der Waals surface area (Å²) in [4.78, 5) is 4.15. The Morgan fingerprint density at radius 3 is 2.88 bits per heavy atom. The molecule has 3 heteroatoms. The van der Waals surface area contributed by atoms with Crippen molar-refractivity contribution in [2.75, 3.05) is 13.2 Å². The van der Waals surface area contributed by atoms with Crippen molar-refractivity contribution in [3.05, 3.63) is 42.2 Å². The molecule has 0 spiro atoms. The zero-order chi connectivity index (χ0) is 11.7. The van der Waals surface area contributed by atoms with E-state index in [1.807, 2.05) is 12.4 Å². The molecule has 0 aliphatic carbocycles. The van der Waals surface area contributed by atoms with Gasteiger partial charge in [0.2, 0.25) is 0 Å². The van der Waals surface area contributed by atoms with Gasteiger partial charge in [-0.05, 0) is 17.0 Å². The lowest BCUT2D eigenvalue weighted by molar-refractivity contribution is -0.0567. The fourth-order valence-corrected chi connectivity index (χ4v) is 2.36. The van der Waals surface area contributed by atoms with Crippen molar-refractivity contribution in [3.8, 4) is 0 Å². The van der Waals surface area contributed by atoms with Gasteiger partial charge in [0.15, 0.2) is 6.29 Å². The molecule has 1 fully saturated rings. The van der Waals surface area contributed by atoms with Crippen LogP contribution in [0.1, 0.15) is 18.4 Å². The molecule has 2 aromatic rings. The van der Waals surface area contributed by atoms with Gasteiger partial charge in [-0.15, -0.1) is 0 Å². The Labute approximate surface area is 100 Å². The molecular weight excluding hydrogens is 214 g/mol. The molecule has 1 aliphatic heterocycles. The van der Waals surface area contributed by atoms with Crippen molar-refractivity contribution < 1.29 is 9.47 Å². The molecule has 0 amide bonds. The van der Waals surface area contributed by atoms with Crippen LogP contribution in [0.25, 0.3) is 10.8 Å². The van der Waals surface area contributed by atoms with Gasteiger partial charge in [-0.25, -0.2) is 0 Å². The Hall–Kier alpha value is -1.45. The van der Waals surface area contributed by atoms with Gasteiger partial charge in [-0.1, -0.05) is 25.1 Å². The van der Waals surface area contributed by atoms with Crippen LogP contribution in [0.3, 0.4) is 0 Å². The van der Waals surface area contributed by atoms with E-state index in [0.29, 0.717) is 13.2 Å². The minimum atomic E-state index is -0.117. The maximum atomic E-state index is 5.58. The minimum Gasteiger partial charge on any atom is -0.350 e. The SMILES string of the molecule is CC(c1cccc2cnccc12)C1OCCO1. The van der Waals surface area contributed by atoms with E-state index in [1.54, 1.807) is 0 Å². The van der Waals surface area contributed by atoms with Crippen LogP contribution in [0.2, 0.25) is 0 Å². The zero-order valence-electron chi connectivity index (χ0n) is 9.80. The second-order valence-electron chi connectivity index (χ2n) is 4.34. The van der Waals surface area contributed by atoms with Gasteiger partial charge in [0, 0.05) is 23.7 Å². The lowest BCUT2D eigenvalue weighted by Crippen LogP contribution is -2.17. The van der Waals surface area contributed by atoms with Gasteiger partial charge in [-0.3, -0.25) is 4.98 Å². The molecule has 1 unspecified atom stereocenters. The maximum absolute atomic E-state index is 5.58. The topological polar surface area (TPSA) is 31.4 Å². The number of ether oxygens (including phenoxy) is 2. The second-order valence-corrected chi connectivity index (χ2v) is 4.34. The summed E-state index contributed by atoms with van der Waals surface area (Å²) in [7, 11) is 0. The first-order chi connectivity index (χ1) is 8.36. The molecule has 1 atom stereocenters. The smallest absolute Gasteiger partial charge is 0.164 e. The summed E-state index contributed by atoms with van der Waals surface area (Å²) in [5.74, 6) is 0.239. The average Bonchev–Trinajstić information content (AvgIpc) is 2.91. The molecule has 0 N–H and O–H groups in total. The van der Waals surface area contributed by atoms with Crippen LogP contribution in [0.4, 0.5) is 0 Å². The Morgan fingerprint density at radius 2 is 2.06 bits per heavy atom. The van der Waals surface area contributed by atoms with E-state index in [9.17, 15) is 0 Å². The number of hydrogen-bond acceptors (Lipinski definition) is 3. The van der Waals surface area contributed by atoms with Gasteiger partial charge in [0.1, 0.15) is 0 Å². The van der Waals surface area contributed by atoms with E-state index in [-0.39, 0.29) is 12.2 Å². The van der Waals surface area contributed by atoms with E-state index >= 15 is 0 Å². The van der Waals surface area contributed by atoms with Gasteiger partial charge in [0.25, 0.3) is 0 Å². The summed E-state index contributed by atoms with van der Waals surface area (Å²) >= 11 is 0. The van der Waals surface area contributed by atoms with E-state index in [2.05, 4.69) is 36.2 Å². The first-order valence-corrected chi connectivity index (χ1v) is 5.92. The minimum absolute atomic E-state index is 0.117. The summed E-state index contributed by atoms with van der Waals surface area (Å²) in [5, 5.41) is 2.39. The van der Waals surface area contributed by atoms with E-state index in [4.69, 9.17) is 9.47 Å². The predicted molar refractivity (Wildman–Crippen MR) is 65.9 cm³/mol. The number of nitrogens with zero attached hydrogens (tertiary/aromatic N) is 1. The highest BCUT2D eigenvalue weighted by Crippen LogP contribution is 2.30. The molecule has 3 nitrogen and oxygen atoms in total. The quantitative estimate of drug-likeness (QED) is 0.793. The largest absolute Gasteiger partial charge is 0.350 e. The molecule has 88 valence electrons. The lowest BCUT2D eigenvalue weighted by atomic mass is 9.95. The summed E-state index contributed by atoms with van der Waals surface area (Å²) in [6.07, 6.45) is 3.60. The van der Waals surface area contributed by atoms with Crippen LogP contribution in [-0.4, -0.2) is 24.5 Å². The Balaban J connectivity index is 2.04. The molecule has 3 rings (SSSR count). The third-order valence-electron chi connectivity index (χ3n) is 3.26. The van der Waals surface area contributed by atoms with Crippen LogP contribution >= 0.6 is 0 Å². The number of hydrogen-bond donors (Lipinski definition) is 0. The van der Waals surface area contributed by atoms with E-state index in [0.717, 1.165) is 5.39 Å². The monoisotopic (exact) mass is 229 g/mol. The van der Waals surface area contributed by atoms with Crippen molar-refractivity contribution in [3.63, 3.8) is 0 Å². The number of fused-ring (bicyclic) bond motifs is 1. The van der Waals surface area contributed by atoms with Crippen LogP contribution in [-0.2, 0) is 9.47 Å². The summed E-state index contributed by atoms with van der Waals surface area (Å²) in [5.41, 5.74) is 1.26. The summed E-state index contributed by atoms with van der Waals surface area (Å²) in [6.45, 7) is 3.54. The fraction of sp³-hybridized carbons (Fsp3) is 0.357. The maximum Gasteiger partial charge on any atom is 0.164 e. The van der Waals surface area contributed by atoms with Gasteiger partial charge in [-0.2, -0.15) is 0 Å². The van der Waals surface area contributed by atoms with Crippen LogP contribution in [0.15, 0.2) is 36.7 Å². The number of benzene rings is 1. The highest BCUT2D eigenvalue weighted by Gasteiger charge is 2.25. The van der Waals surface area contributed by atoms with Crippen molar-refractivity contribution in [1.29, 1.82) is 0 Å². The van der Waals surface area contributed by atoms with Crippen molar-refractivity contribution in [2.45, 2.75) is 19.1 Å². The molecule has 1 aromatic heterocycles. The molecule has 0 bridgehead atoms. The third kappa shape index (κ3) is 1.92. The Bertz CT molecular complexity index is 515.